The van der Waals surface area contributed by atoms with Crippen LogP contribution in [0.2, 0.25) is 0 Å². The standard InChI is InChI=1S/C21H21N3O2/c1-4-14(2)26-19-10-9-15(12-20(19)25-3)11-16(13-22)21-23-17-7-5-6-8-18(17)24-21/h5-12,14H,4H2,1-3H3,(H,23,24). The molecule has 0 spiro atoms. The molecular weight excluding hydrogens is 326 g/mol. The van der Waals surface area contributed by atoms with Crippen molar-refractivity contribution in [3.63, 3.8) is 0 Å². The van der Waals surface area contributed by atoms with Gasteiger partial charge >= 0.3 is 0 Å². The topological polar surface area (TPSA) is 70.9 Å². The van der Waals surface area contributed by atoms with Crippen LogP contribution in [-0.2, 0) is 0 Å². The molecule has 1 heterocycles. The van der Waals surface area contributed by atoms with Gasteiger partial charge in [-0.1, -0.05) is 25.1 Å². The number of fused-ring (bicyclic) bond motifs is 1. The number of hydrogen-bond acceptors (Lipinski definition) is 4. The van der Waals surface area contributed by atoms with Gasteiger partial charge in [0, 0.05) is 0 Å². The average Bonchev–Trinajstić information content (AvgIpc) is 3.10. The lowest BCUT2D eigenvalue weighted by Gasteiger charge is -2.15. The first-order chi connectivity index (χ1) is 12.6. The van der Waals surface area contributed by atoms with Crippen LogP contribution in [0.4, 0.5) is 0 Å². The minimum Gasteiger partial charge on any atom is -0.493 e. The van der Waals surface area contributed by atoms with Crippen LogP contribution < -0.4 is 9.47 Å². The molecule has 0 radical (unpaired) electrons. The normalized spacial score (nSPS) is 12.6. The lowest BCUT2D eigenvalue weighted by atomic mass is 10.1. The fourth-order valence-corrected chi connectivity index (χ4v) is 2.57. The van der Waals surface area contributed by atoms with Crippen molar-refractivity contribution >= 4 is 22.7 Å². The van der Waals surface area contributed by atoms with Gasteiger partial charge in [-0.25, -0.2) is 4.98 Å². The number of benzene rings is 2. The minimum absolute atomic E-state index is 0.107. The number of para-hydroxylation sites is 2. The van der Waals surface area contributed by atoms with E-state index in [1.54, 1.807) is 13.2 Å². The Morgan fingerprint density at radius 1 is 1.27 bits per heavy atom. The Morgan fingerprint density at radius 3 is 2.77 bits per heavy atom. The minimum atomic E-state index is 0.107. The largest absolute Gasteiger partial charge is 0.493 e. The summed E-state index contributed by atoms with van der Waals surface area (Å²) in [5.41, 5.74) is 3.03. The van der Waals surface area contributed by atoms with Gasteiger partial charge in [-0.3, -0.25) is 0 Å². The zero-order chi connectivity index (χ0) is 18.5. The molecule has 1 atom stereocenters. The summed E-state index contributed by atoms with van der Waals surface area (Å²) >= 11 is 0. The van der Waals surface area contributed by atoms with E-state index in [4.69, 9.17) is 9.47 Å². The van der Waals surface area contributed by atoms with Crippen molar-refractivity contribution in [3.8, 4) is 17.6 Å². The molecule has 0 aliphatic rings. The molecule has 1 aromatic heterocycles. The number of imidazole rings is 1. The van der Waals surface area contributed by atoms with Crippen molar-refractivity contribution in [2.24, 2.45) is 0 Å². The van der Waals surface area contributed by atoms with E-state index in [0.717, 1.165) is 23.0 Å². The molecule has 1 unspecified atom stereocenters. The summed E-state index contributed by atoms with van der Waals surface area (Å²) in [6, 6.07) is 15.5. The summed E-state index contributed by atoms with van der Waals surface area (Å²) in [4.78, 5) is 7.67. The van der Waals surface area contributed by atoms with E-state index < -0.39 is 0 Å². The second-order valence-electron chi connectivity index (χ2n) is 6.02. The summed E-state index contributed by atoms with van der Waals surface area (Å²) in [6.45, 7) is 4.09. The predicted octanol–water partition coefficient (Wildman–Crippen LogP) is 4.81. The molecule has 0 amide bonds. The highest BCUT2D eigenvalue weighted by atomic mass is 16.5. The molecule has 2 aromatic carbocycles. The van der Waals surface area contributed by atoms with E-state index in [1.165, 1.54) is 0 Å². The number of H-pyrrole nitrogens is 1. The van der Waals surface area contributed by atoms with Crippen molar-refractivity contribution in [3.05, 3.63) is 53.9 Å². The molecule has 5 nitrogen and oxygen atoms in total. The second kappa shape index (κ2) is 7.75. The highest BCUT2D eigenvalue weighted by Crippen LogP contribution is 2.31. The third kappa shape index (κ3) is 3.70. The first-order valence-corrected chi connectivity index (χ1v) is 8.56. The lowest BCUT2D eigenvalue weighted by Crippen LogP contribution is -2.10. The molecule has 5 heteroatoms. The summed E-state index contributed by atoms with van der Waals surface area (Å²) < 4.78 is 11.3. The summed E-state index contributed by atoms with van der Waals surface area (Å²) in [6.07, 6.45) is 2.80. The Kier molecular flexibility index (Phi) is 5.23. The van der Waals surface area contributed by atoms with Gasteiger partial charge in [-0.05, 0) is 49.2 Å². The number of nitrogens with one attached hydrogen (secondary N) is 1. The van der Waals surface area contributed by atoms with E-state index in [0.29, 0.717) is 22.9 Å². The maximum Gasteiger partial charge on any atom is 0.161 e. The molecule has 0 bridgehead atoms. The maximum atomic E-state index is 9.56. The SMILES string of the molecule is CCC(C)Oc1ccc(C=C(C#N)c2nc3ccccc3[nH]2)cc1OC. The van der Waals surface area contributed by atoms with Crippen LogP contribution in [0.1, 0.15) is 31.7 Å². The number of rotatable bonds is 6. The van der Waals surface area contributed by atoms with Gasteiger partial charge in [0.1, 0.15) is 11.9 Å². The van der Waals surface area contributed by atoms with Crippen LogP contribution in [0.5, 0.6) is 11.5 Å². The second-order valence-corrected chi connectivity index (χ2v) is 6.02. The van der Waals surface area contributed by atoms with Crippen LogP contribution in [0.15, 0.2) is 42.5 Å². The maximum absolute atomic E-state index is 9.56. The van der Waals surface area contributed by atoms with Gasteiger partial charge < -0.3 is 14.5 Å². The van der Waals surface area contributed by atoms with Crippen molar-refractivity contribution < 1.29 is 9.47 Å². The third-order valence-electron chi connectivity index (χ3n) is 4.17. The molecule has 0 aliphatic heterocycles. The Bertz CT molecular complexity index is 949. The third-order valence-corrected chi connectivity index (χ3v) is 4.17. The fourth-order valence-electron chi connectivity index (χ4n) is 2.57. The van der Waals surface area contributed by atoms with Crippen LogP contribution in [0, 0.1) is 11.3 Å². The van der Waals surface area contributed by atoms with Gasteiger partial charge in [0.15, 0.2) is 11.5 Å². The summed E-state index contributed by atoms with van der Waals surface area (Å²) in [5.74, 6) is 1.88. The van der Waals surface area contributed by atoms with Crippen molar-refractivity contribution in [2.45, 2.75) is 26.4 Å². The molecule has 1 N–H and O–H groups in total. The number of aromatic amines is 1. The molecule has 3 rings (SSSR count). The molecule has 132 valence electrons. The predicted molar refractivity (Wildman–Crippen MR) is 103 cm³/mol. The van der Waals surface area contributed by atoms with Crippen molar-refractivity contribution in [2.75, 3.05) is 7.11 Å². The molecule has 26 heavy (non-hydrogen) atoms. The Morgan fingerprint density at radius 2 is 2.08 bits per heavy atom. The quantitative estimate of drug-likeness (QED) is 0.649. The molecule has 0 saturated carbocycles. The summed E-state index contributed by atoms with van der Waals surface area (Å²) in [7, 11) is 1.61. The van der Waals surface area contributed by atoms with Gasteiger partial charge in [-0.15, -0.1) is 0 Å². The number of aromatic nitrogens is 2. The van der Waals surface area contributed by atoms with E-state index >= 15 is 0 Å². The number of methoxy groups -OCH3 is 1. The Hall–Kier alpha value is -3.26. The number of hydrogen-bond donors (Lipinski definition) is 1. The van der Waals surface area contributed by atoms with Crippen molar-refractivity contribution in [1.29, 1.82) is 5.26 Å². The number of nitrogens with zero attached hydrogens (tertiary/aromatic N) is 2. The van der Waals surface area contributed by atoms with Gasteiger partial charge in [0.2, 0.25) is 0 Å². The molecule has 0 fully saturated rings. The number of allylic oxidation sites excluding steroid dienone is 1. The zero-order valence-electron chi connectivity index (χ0n) is 15.1. The van der Waals surface area contributed by atoms with Gasteiger partial charge in [0.25, 0.3) is 0 Å². The summed E-state index contributed by atoms with van der Waals surface area (Å²) in [5, 5.41) is 9.56. The van der Waals surface area contributed by atoms with Gasteiger partial charge in [-0.2, -0.15) is 5.26 Å². The molecule has 0 aliphatic carbocycles. The molecule has 3 aromatic rings. The monoisotopic (exact) mass is 347 g/mol. The highest BCUT2D eigenvalue weighted by Gasteiger charge is 2.11. The Labute approximate surface area is 152 Å². The first-order valence-electron chi connectivity index (χ1n) is 8.56. The van der Waals surface area contributed by atoms with Crippen LogP contribution in [0.25, 0.3) is 22.7 Å². The van der Waals surface area contributed by atoms with Crippen LogP contribution >= 0.6 is 0 Å². The van der Waals surface area contributed by atoms with E-state index in [2.05, 4.69) is 23.0 Å². The molecular formula is C21H21N3O2. The van der Waals surface area contributed by atoms with E-state index in [-0.39, 0.29) is 6.10 Å². The smallest absolute Gasteiger partial charge is 0.161 e. The highest BCUT2D eigenvalue weighted by molar-refractivity contribution is 5.90. The Balaban J connectivity index is 1.95. The molecule has 0 saturated heterocycles. The van der Waals surface area contributed by atoms with E-state index in [1.807, 2.05) is 49.4 Å². The van der Waals surface area contributed by atoms with Crippen LogP contribution in [-0.4, -0.2) is 23.2 Å². The van der Waals surface area contributed by atoms with Crippen LogP contribution in [0.3, 0.4) is 0 Å². The van der Waals surface area contributed by atoms with Gasteiger partial charge in [0.05, 0.1) is 29.8 Å². The lowest BCUT2D eigenvalue weighted by molar-refractivity contribution is 0.207. The van der Waals surface area contributed by atoms with Crippen molar-refractivity contribution in [1.82, 2.24) is 9.97 Å². The number of nitriles is 1. The first kappa shape index (κ1) is 17.6. The zero-order valence-corrected chi connectivity index (χ0v) is 15.1. The van der Waals surface area contributed by atoms with E-state index in [9.17, 15) is 5.26 Å². The average molecular weight is 347 g/mol. The fraction of sp³-hybridized carbons (Fsp3) is 0.238. The number of ether oxygens (including phenoxy) is 2.